The molecule has 0 fully saturated rings. The van der Waals surface area contributed by atoms with Crippen LogP contribution in [0, 0.1) is 0 Å². The second-order valence-electron chi connectivity index (χ2n) is 4.76. The fourth-order valence-corrected chi connectivity index (χ4v) is 4.49. The van der Waals surface area contributed by atoms with Gasteiger partial charge >= 0.3 is 0 Å². The van der Waals surface area contributed by atoms with Crippen LogP contribution in [0.3, 0.4) is 0 Å². The molecule has 3 nitrogen and oxygen atoms in total. The van der Waals surface area contributed by atoms with Gasteiger partial charge in [-0.1, -0.05) is 23.7 Å². The summed E-state index contributed by atoms with van der Waals surface area (Å²) in [4.78, 5) is 1.34. The van der Waals surface area contributed by atoms with Crippen molar-refractivity contribution >= 4 is 45.1 Å². The maximum atomic E-state index is 12.2. The smallest absolute Gasteiger partial charge is 0.210 e. The predicted octanol–water partition coefficient (Wildman–Crippen LogP) is 4.27. The van der Waals surface area contributed by atoms with E-state index in [4.69, 9.17) is 11.6 Å². The second kappa shape index (κ2) is 8.99. The van der Waals surface area contributed by atoms with Gasteiger partial charge in [0.2, 0.25) is 10.0 Å². The molecular weight excluding hydrogens is 370 g/mol. The first-order chi connectivity index (χ1) is 11.0. The van der Waals surface area contributed by atoms with Gasteiger partial charge < -0.3 is 0 Å². The first-order valence-electron chi connectivity index (χ1n) is 6.97. The minimum atomic E-state index is -3.43. The lowest BCUT2D eigenvalue weighted by atomic mass is 10.2. The Morgan fingerprint density at radius 1 is 1.13 bits per heavy atom. The maximum Gasteiger partial charge on any atom is 0.240 e. The Bertz CT molecular complexity index is 733. The molecule has 0 saturated heterocycles. The minimum Gasteiger partial charge on any atom is -0.210 e. The van der Waals surface area contributed by atoms with Crippen molar-refractivity contribution in [2.75, 3.05) is 18.6 Å². The van der Waals surface area contributed by atoms with E-state index >= 15 is 0 Å². The minimum absolute atomic E-state index is 0.301. The van der Waals surface area contributed by atoms with Crippen LogP contribution in [0.4, 0.5) is 0 Å². The van der Waals surface area contributed by atoms with Crippen LogP contribution >= 0.6 is 35.1 Å². The Labute approximate surface area is 151 Å². The molecular formula is C16H18ClNO2S3. The van der Waals surface area contributed by atoms with Crippen molar-refractivity contribution in [3.05, 3.63) is 59.1 Å². The van der Waals surface area contributed by atoms with Crippen molar-refractivity contribution in [2.45, 2.75) is 15.5 Å². The highest BCUT2D eigenvalue weighted by Gasteiger charge is 2.12. The van der Waals surface area contributed by atoms with E-state index in [0.29, 0.717) is 17.2 Å². The van der Waals surface area contributed by atoms with E-state index in [1.54, 1.807) is 35.7 Å². The number of benzene rings is 2. The molecule has 0 amide bonds. The molecule has 0 heterocycles. The van der Waals surface area contributed by atoms with Crippen LogP contribution in [0.2, 0.25) is 5.02 Å². The second-order valence-corrected chi connectivity index (χ2v) is 8.94. The third kappa shape index (κ3) is 6.04. The highest BCUT2D eigenvalue weighted by atomic mass is 35.5. The predicted molar refractivity (Wildman–Crippen MR) is 101 cm³/mol. The Hall–Kier alpha value is -0.660. The van der Waals surface area contributed by atoms with Crippen LogP contribution < -0.4 is 4.72 Å². The standard InChI is InChI=1S/C16H18ClNO2S3/c1-21-15-5-7-16(8-6-15)23(19,20)18-9-10-22-12-13-3-2-4-14(17)11-13/h2-8,11,18H,9-10,12H2,1H3. The first-order valence-corrected chi connectivity index (χ1v) is 11.2. The Kier molecular flexibility index (Phi) is 7.30. The van der Waals surface area contributed by atoms with Gasteiger partial charge in [0, 0.05) is 28.0 Å². The molecule has 0 bridgehead atoms. The molecule has 23 heavy (non-hydrogen) atoms. The number of sulfonamides is 1. The quantitative estimate of drug-likeness (QED) is 0.542. The number of rotatable bonds is 8. The molecule has 0 spiro atoms. The zero-order chi connectivity index (χ0) is 16.7. The van der Waals surface area contributed by atoms with Crippen molar-refractivity contribution in [3.63, 3.8) is 0 Å². The number of hydrogen-bond donors (Lipinski definition) is 1. The molecule has 0 aromatic heterocycles. The van der Waals surface area contributed by atoms with Gasteiger partial charge in [-0.05, 0) is 48.2 Å². The first kappa shape index (κ1) is 18.7. The summed E-state index contributed by atoms with van der Waals surface area (Å²) >= 11 is 9.18. The van der Waals surface area contributed by atoms with Crippen LogP contribution in [0.1, 0.15) is 5.56 Å². The molecule has 7 heteroatoms. The fourth-order valence-electron chi connectivity index (χ4n) is 1.90. The van der Waals surface area contributed by atoms with Crippen LogP contribution in [0.5, 0.6) is 0 Å². The number of hydrogen-bond acceptors (Lipinski definition) is 4. The average molecular weight is 388 g/mol. The average Bonchev–Trinajstić information content (AvgIpc) is 2.54. The molecule has 124 valence electrons. The van der Waals surface area contributed by atoms with Gasteiger partial charge in [0.25, 0.3) is 0 Å². The van der Waals surface area contributed by atoms with Gasteiger partial charge in [-0.2, -0.15) is 11.8 Å². The Balaban J connectivity index is 1.78. The Morgan fingerprint density at radius 2 is 1.87 bits per heavy atom. The van der Waals surface area contributed by atoms with E-state index in [1.165, 1.54) is 0 Å². The van der Waals surface area contributed by atoms with Crippen molar-refractivity contribution in [1.82, 2.24) is 4.72 Å². The van der Waals surface area contributed by atoms with Gasteiger partial charge in [-0.15, -0.1) is 11.8 Å². The summed E-state index contributed by atoms with van der Waals surface area (Å²) in [6, 6.07) is 14.6. The summed E-state index contributed by atoms with van der Waals surface area (Å²) in [5, 5.41) is 0.720. The van der Waals surface area contributed by atoms with Gasteiger partial charge in [0.05, 0.1) is 4.90 Å². The summed E-state index contributed by atoms with van der Waals surface area (Å²) in [6.45, 7) is 0.401. The van der Waals surface area contributed by atoms with Crippen molar-refractivity contribution in [1.29, 1.82) is 0 Å². The third-order valence-electron chi connectivity index (χ3n) is 3.07. The molecule has 0 aliphatic carbocycles. The molecule has 1 N–H and O–H groups in total. The fraction of sp³-hybridized carbons (Fsp3) is 0.250. The molecule has 2 rings (SSSR count). The van der Waals surface area contributed by atoms with E-state index in [0.717, 1.165) is 21.2 Å². The lowest BCUT2D eigenvalue weighted by Crippen LogP contribution is -2.26. The van der Waals surface area contributed by atoms with Gasteiger partial charge in [0.1, 0.15) is 0 Å². The summed E-state index contributed by atoms with van der Waals surface area (Å²) in [5.74, 6) is 1.51. The lowest BCUT2D eigenvalue weighted by molar-refractivity contribution is 0.584. The lowest BCUT2D eigenvalue weighted by Gasteiger charge is -2.07. The summed E-state index contributed by atoms with van der Waals surface area (Å²) in [5.41, 5.74) is 1.14. The molecule has 0 radical (unpaired) electrons. The molecule has 0 aliphatic rings. The molecule has 2 aromatic carbocycles. The highest BCUT2D eigenvalue weighted by Crippen LogP contribution is 2.18. The monoisotopic (exact) mass is 387 g/mol. The van der Waals surface area contributed by atoms with E-state index in [1.807, 2.05) is 42.7 Å². The molecule has 2 aromatic rings. The number of nitrogens with one attached hydrogen (secondary N) is 1. The van der Waals surface area contributed by atoms with Crippen molar-refractivity contribution < 1.29 is 8.42 Å². The van der Waals surface area contributed by atoms with Gasteiger partial charge in [0.15, 0.2) is 0 Å². The molecule has 0 unspecified atom stereocenters. The van der Waals surface area contributed by atoms with Crippen LogP contribution in [-0.2, 0) is 15.8 Å². The van der Waals surface area contributed by atoms with Crippen LogP contribution in [0.15, 0.2) is 58.3 Å². The summed E-state index contributed by atoms with van der Waals surface area (Å²) in [7, 11) is -3.43. The topological polar surface area (TPSA) is 46.2 Å². The molecule has 0 atom stereocenters. The zero-order valence-electron chi connectivity index (χ0n) is 12.7. The normalized spacial score (nSPS) is 11.6. The van der Waals surface area contributed by atoms with E-state index in [2.05, 4.69) is 4.72 Å². The van der Waals surface area contributed by atoms with Crippen molar-refractivity contribution in [3.8, 4) is 0 Å². The SMILES string of the molecule is CSc1ccc(S(=O)(=O)NCCSCc2cccc(Cl)c2)cc1. The Morgan fingerprint density at radius 3 is 2.52 bits per heavy atom. The van der Waals surface area contributed by atoms with E-state index in [9.17, 15) is 8.42 Å². The third-order valence-corrected chi connectivity index (χ3v) is 6.55. The van der Waals surface area contributed by atoms with Gasteiger partial charge in [-0.3, -0.25) is 0 Å². The van der Waals surface area contributed by atoms with Crippen molar-refractivity contribution in [2.24, 2.45) is 0 Å². The summed E-state index contributed by atoms with van der Waals surface area (Å²) in [6.07, 6.45) is 1.96. The number of halogens is 1. The van der Waals surface area contributed by atoms with Crippen LogP contribution in [0.25, 0.3) is 0 Å². The molecule has 0 saturated carbocycles. The van der Waals surface area contributed by atoms with Crippen LogP contribution in [-0.4, -0.2) is 27.0 Å². The zero-order valence-corrected chi connectivity index (χ0v) is 15.9. The highest BCUT2D eigenvalue weighted by molar-refractivity contribution is 7.98. The van der Waals surface area contributed by atoms with E-state index < -0.39 is 10.0 Å². The summed E-state index contributed by atoms with van der Waals surface area (Å²) < 4.78 is 27.0. The maximum absolute atomic E-state index is 12.2. The van der Waals surface area contributed by atoms with E-state index in [-0.39, 0.29) is 0 Å². The molecule has 0 aliphatic heterocycles. The number of thioether (sulfide) groups is 2. The largest absolute Gasteiger partial charge is 0.240 e. The van der Waals surface area contributed by atoms with Gasteiger partial charge in [-0.25, -0.2) is 13.1 Å².